The van der Waals surface area contributed by atoms with E-state index < -0.39 is 0 Å². The summed E-state index contributed by atoms with van der Waals surface area (Å²) in [4.78, 5) is 14.7. The molecule has 1 amide bonds. The molecule has 1 N–H and O–H groups in total. The molecule has 140 valence electrons. The molecule has 2 unspecified atom stereocenters. The summed E-state index contributed by atoms with van der Waals surface area (Å²) in [5.41, 5.74) is 3.43. The first kappa shape index (κ1) is 19.1. The molecule has 0 spiro atoms. The number of hydrogen-bond donors (Lipinski definition) is 1. The number of rotatable bonds is 5. The molecule has 0 radical (unpaired) electrons. The lowest BCUT2D eigenvalue weighted by molar-refractivity contribution is -0.0704. The number of nitrogens with zero attached hydrogens (tertiary/aromatic N) is 2. The molecule has 1 aliphatic rings. The Hall–Kier alpha value is -2.68. The van der Waals surface area contributed by atoms with Crippen LogP contribution in [0.4, 0.5) is 0 Å². The Kier molecular flexibility index (Phi) is 6.23. The largest absolute Gasteiger partial charge is 0.373 e. The van der Waals surface area contributed by atoms with Crippen LogP contribution in [0.1, 0.15) is 40.9 Å². The zero-order chi connectivity index (χ0) is 19.2. The second kappa shape index (κ2) is 8.81. The smallest absolute Gasteiger partial charge is 0.251 e. The molecule has 1 aliphatic heterocycles. The molecule has 27 heavy (non-hydrogen) atoms. The highest BCUT2D eigenvalue weighted by Gasteiger charge is 2.22. The van der Waals surface area contributed by atoms with Crippen LogP contribution in [0.3, 0.4) is 0 Å². The van der Waals surface area contributed by atoms with Crippen molar-refractivity contribution in [3.8, 4) is 6.07 Å². The number of carbonyl (C=O) groups excluding carboxylic acids is 1. The summed E-state index contributed by atoms with van der Waals surface area (Å²) in [6.07, 6.45) is 0.502. The highest BCUT2D eigenvalue weighted by molar-refractivity contribution is 5.94. The Morgan fingerprint density at radius 3 is 2.26 bits per heavy atom. The van der Waals surface area contributed by atoms with Gasteiger partial charge in [0.1, 0.15) is 0 Å². The number of hydrogen-bond acceptors (Lipinski definition) is 4. The highest BCUT2D eigenvalue weighted by atomic mass is 16.5. The first-order valence-corrected chi connectivity index (χ1v) is 9.27. The zero-order valence-electron chi connectivity index (χ0n) is 15.8. The molecule has 0 aromatic heterocycles. The number of nitriles is 1. The van der Waals surface area contributed by atoms with Gasteiger partial charge >= 0.3 is 0 Å². The van der Waals surface area contributed by atoms with Gasteiger partial charge in [0, 0.05) is 31.7 Å². The van der Waals surface area contributed by atoms with E-state index in [9.17, 15) is 4.79 Å². The van der Waals surface area contributed by atoms with Gasteiger partial charge in [0.2, 0.25) is 0 Å². The molecule has 2 atom stereocenters. The summed E-state index contributed by atoms with van der Waals surface area (Å²) in [5.74, 6) is -0.0977. The molecule has 5 nitrogen and oxygen atoms in total. The van der Waals surface area contributed by atoms with Gasteiger partial charge in [-0.25, -0.2) is 0 Å². The molecule has 1 saturated heterocycles. The minimum Gasteiger partial charge on any atom is -0.373 e. The maximum atomic E-state index is 12.3. The van der Waals surface area contributed by atoms with Gasteiger partial charge < -0.3 is 10.1 Å². The Bertz CT molecular complexity index is 799. The molecule has 0 saturated carbocycles. The minimum absolute atomic E-state index is 0.0977. The van der Waals surface area contributed by atoms with E-state index in [4.69, 9.17) is 10.00 Å². The summed E-state index contributed by atoms with van der Waals surface area (Å²) < 4.78 is 5.77. The van der Waals surface area contributed by atoms with Crippen LogP contribution < -0.4 is 5.32 Å². The summed E-state index contributed by atoms with van der Waals surface area (Å²) >= 11 is 0. The predicted molar refractivity (Wildman–Crippen MR) is 104 cm³/mol. The molecule has 0 bridgehead atoms. The molecule has 3 rings (SSSR count). The van der Waals surface area contributed by atoms with E-state index in [0.29, 0.717) is 17.7 Å². The van der Waals surface area contributed by atoms with Crippen LogP contribution >= 0.6 is 0 Å². The lowest BCUT2D eigenvalue weighted by Gasteiger charge is -2.35. The van der Waals surface area contributed by atoms with E-state index in [1.807, 2.05) is 36.4 Å². The molecule has 0 aliphatic carbocycles. The van der Waals surface area contributed by atoms with Crippen molar-refractivity contribution in [2.24, 2.45) is 0 Å². The number of nitrogens with one attached hydrogen (secondary N) is 1. The molecule has 5 heteroatoms. The average Bonchev–Trinajstić information content (AvgIpc) is 2.66. The lowest BCUT2D eigenvalue weighted by atomic mass is 10.1. The van der Waals surface area contributed by atoms with Gasteiger partial charge in [-0.2, -0.15) is 5.26 Å². The van der Waals surface area contributed by atoms with Gasteiger partial charge in [0.05, 0.1) is 23.8 Å². The summed E-state index contributed by atoms with van der Waals surface area (Å²) in [7, 11) is 0. The normalized spacial score (nSPS) is 20.0. The van der Waals surface area contributed by atoms with Crippen molar-refractivity contribution in [1.82, 2.24) is 10.2 Å². The Morgan fingerprint density at radius 2 is 1.67 bits per heavy atom. The molecule has 1 fully saturated rings. The fourth-order valence-electron chi connectivity index (χ4n) is 3.41. The zero-order valence-corrected chi connectivity index (χ0v) is 15.8. The molecular weight excluding hydrogens is 338 g/mol. The molecule has 2 aromatic rings. The van der Waals surface area contributed by atoms with Crippen LogP contribution in [0.25, 0.3) is 0 Å². The van der Waals surface area contributed by atoms with Crippen LogP contribution in [0.15, 0.2) is 48.5 Å². The molecule has 1 heterocycles. The van der Waals surface area contributed by atoms with Crippen LogP contribution in [0.5, 0.6) is 0 Å². The van der Waals surface area contributed by atoms with Crippen molar-refractivity contribution >= 4 is 5.91 Å². The first-order valence-electron chi connectivity index (χ1n) is 9.27. The fraction of sp³-hybridized carbons (Fsp3) is 0.364. The van der Waals surface area contributed by atoms with Gasteiger partial charge in [-0.3, -0.25) is 9.69 Å². The second-order valence-corrected chi connectivity index (χ2v) is 7.14. The topological polar surface area (TPSA) is 65.4 Å². The highest BCUT2D eigenvalue weighted by Crippen LogP contribution is 2.15. The van der Waals surface area contributed by atoms with Gasteiger partial charge in [0.25, 0.3) is 5.91 Å². The maximum Gasteiger partial charge on any atom is 0.251 e. The number of carbonyl (C=O) groups is 1. The quantitative estimate of drug-likeness (QED) is 0.886. The lowest BCUT2D eigenvalue weighted by Crippen LogP contribution is -2.44. The van der Waals surface area contributed by atoms with E-state index in [1.54, 1.807) is 12.1 Å². The van der Waals surface area contributed by atoms with Crippen molar-refractivity contribution in [2.75, 3.05) is 13.1 Å². The van der Waals surface area contributed by atoms with Gasteiger partial charge in [-0.1, -0.05) is 24.3 Å². The van der Waals surface area contributed by atoms with Crippen molar-refractivity contribution in [2.45, 2.75) is 39.1 Å². The SMILES string of the molecule is CC1CN(Cc2ccc(C(=O)NCc3ccc(C#N)cc3)cc2)CC(C)O1. The van der Waals surface area contributed by atoms with Gasteiger partial charge in [-0.05, 0) is 49.2 Å². The van der Waals surface area contributed by atoms with Crippen molar-refractivity contribution in [1.29, 1.82) is 5.26 Å². The first-order chi connectivity index (χ1) is 13.0. The van der Waals surface area contributed by atoms with Crippen molar-refractivity contribution < 1.29 is 9.53 Å². The van der Waals surface area contributed by atoms with Crippen molar-refractivity contribution in [3.05, 3.63) is 70.8 Å². The fourth-order valence-corrected chi connectivity index (χ4v) is 3.41. The van der Waals surface area contributed by atoms with Crippen molar-refractivity contribution in [3.63, 3.8) is 0 Å². The number of benzene rings is 2. The molecule has 2 aromatic carbocycles. The number of ether oxygens (including phenoxy) is 1. The average molecular weight is 363 g/mol. The third kappa shape index (κ3) is 5.40. The van der Waals surface area contributed by atoms with Crippen LogP contribution in [-0.2, 0) is 17.8 Å². The minimum atomic E-state index is -0.0977. The van der Waals surface area contributed by atoms with Crippen LogP contribution in [0, 0.1) is 11.3 Å². The third-order valence-electron chi connectivity index (χ3n) is 4.65. The summed E-state index contributed by atoms with van der Waals surface area (Å²) in [5, 5.41) is 11.7. The van der Waals surface area contributed by atoms with Gasteiger partial charge in [0.15, 0.2) is 0 Å². The van der Waals surface area contributed by atoms with Crippen LogP contribution in [-0.4, -0.2) is 36.1 Å². The predicted octanol–water partition coefficient (Wildman–Crippen LogP) is 3.10. The Morgan fingerprint density at radius 1 is 1.07 bits per heavy atom. The van der Waals surface area contributed by atoms with E-state index in [1.165, 1.54) is 5.56 Å². The van der Waals surface area contributed by atoms with E-state index >= 15 is 0 Å². The van der Waals surface area contributed by atoms with E-state index in [0.717, 1.165) is 25.2 Å². The second-order valence-electron chi connectivity index (χ2n) is 7.14. The monoisotopic (exact) mass is 363 g/mol. The van der Waals surface area contributed by atoms with Crippen LogP contribution in [0.2, 0.25) is 0 Å². The van der Waals surface area contributed by atoms with E-state index in [2.05, 4.69) is 30.1 Å². The summed E-state index contributed by atoms with van der Waals surface area (Å²) in [6, 6.07) is 17.1. The third-order valence-corrected chi connectivity index (χ3v) is 4.65. The maximum absolute atomic E-state index is 12.3. The number of amides is 1. The number of morpholine rings is 1. The van der Waals surface area contributed by atoms with E-state index in [-0.39, 0.29) is 18.1 Å². The van der Waals surface area contributed by atoms with Gasteiger partial charge in [-0.15, -0.1) is 0 Å². The standard InChI is InChI=1S/C22H25N3O2/c1-16-13-25(14-17(2)27-16)15-20-7-9-21(10-8-20)22(26)24-12-19-5-3-18(11-23)4-6-19/h3-10,16-17H,12-15H2,1-2H3,(H,24,26). The molecular formula is C22H25N3O2. The summed E-state index contributed by atoms with van der Waals surface area (Å²) in [6.45, 7) is 7.36. The Balaban J connectivity index is 1.53. The Labute approximate surface area is 160 Å².